The Labute approximate surface area is 115 Å². The van der Waals surface area contributed by atoms with Crippen molar-refractivity contribution in [1.29, 1.82) is 0 Å². The zero-order valence-electron chi connectivity index (χ0n) is 12.1. The summed E-state index contributed by atoms with van der Waals surface area (Å²) >= 11 is 0. The smallest absolute Gasteiger partial charge is 0.227 e. The van der Waals surface area contributed by atoms with Gasteiger partial charge in [0.25, 0.3) is 0 Å². The van der Waals surface area contributed by atoms with Gasteiger partial charge in [0.05, 0.1) is 12.0 Å². The summed E-state index contributed by atoms with van der Waals surface area (Å²) in [6.07, 6.45) is 4.87. The van der Waals surface area contributed by atoms with E-state index in [1.54, 1.807) is 12.3 Å². The fourth-order valence-corrected chi connectivity index (χ4v) is 2.36. The molecule has 4 nitrogen and oxygen atoms in total. The van der Waals surface area contributed by atoms with Crippen LogP contribution in [0.1, 0.15) is 51.6 Å². The number of carbonyl (C=O) groups is 1. The normalized spacial score (nSPS) is 11.4. The summed E-state index contributed by atoms with van der Waals surface area (Å²) in [6, 6.07) is 3.57. The Hall–Kier alpha value is -1.42. The van der Waals surface area contributed by atoms with E-state index < -0.39 is 5.60 Å². The van der Waals surface area contributed by atoms with Crippen LogP contribution >= 0.6 is 0 Å². The first-order valence-electron chi connectivity index (χ1n) is 6.94. The van der Waals surface area contributed by atoms with Crippen molar-refractivity contribution in [3.8, 4) is 0 Å². The van der Waals surface area contributed by atoms with Gasteiger partial charge in [-0.1, -0.05) is 26.7 Å². The van der Waals surface area contributed by atoms with E-state index >= 15 is 0 Å². The molecule has 0 aliphatic carbocycles. The second-order valence-electron chi connectivity index (χ2n) is 5.14. The van der Waals surface area contributed by atoms with Gasteiger partial charge in [0.2, 0.25) is 5.91 Å². The summed E-state index contributed by atoms with van der Waals surface area (Å²) in [5.41, 5.74) is 0.707. The molecule has 0 unspecified atom stereocenters. The number of hydrogen-bond donors (Lipinski definition) is 2. The molecule has 2 N–H and O–H groups in total. The second kappa shape index (κ2) is 7.24. The average Bonchev–Trinajstić information content (AvgIpc) is 2.28. The van der Waals surface area contributed by atoms with Crippen LogP contribution in [0.15, 0.2) is 18.3 Å². The standard InChI is InChI=1S/C15H24N2O2/c1-4-7-15(19,8-5-2)11-14(18)17-13-6-9-16-12(3)10-13/h6,9-10,19H,4-5,7-8,11H2,1-3H3,(H,16,17,18). The van der Waals surface area contributed by atoms with Gasteiger partial charge < -0.3 is 10.4 Å². The molecule has 1 amide bonds. The number of carbonyl (C=O) groups excluding carboxylic acids is 1. The molecular formula is C15H24N2O2. The number of anilines is 1. The molecule has 0 atom stereocenters. The predicted molar refractivity (Wildman–Crippen MR) is 77.0 cm³/mol. The van der Waals surface area contributed by atoms with E-state index in [0.29, 0.717) is 12.8 Å². The van der Waals surface area contributed by atoms with Crippen LogP contribution in [0.2, 0.25) is 0 Å². The number of nitrogens with zero attached hydrogens (tertiary/aromatic N) is 1. The fraction of sp³-hybridized carbons (Fsp3) is 0.600. The van der Waals surface area contributed by atoms with Crippen LogP contribution in [0.4, 0.5) is 5.69 Å². The lowest BCUT2D eigenvalue weighted by Gasteiger charge is -2.26. The van der Waals surface area contributed by atoms with E-state index in [-0.39, 0.29) is 12.3 Å². The molecule has 0 aromatic carbocycles. The van der Waals surface area contributed by atoms with Crippen molar-refractivity contribution in [1.82, 2.24) is 4.98 Å². The molecule has 0 aliphatic rings. The summed E-state index contributed by atoms with van der Waals surface area (Å²) in [6.45, 7) is 5.91. The van der Waals surface area contributed by atoms with E-state index in [2.05, 4.69) is 10.3 Å². The number of aromatic nitrogens is 1. The Morgan fingerprint density at radius 3 is 2.53 bits per heavy atom. The van der Waals surface area contributed by atoms with Gasteiger partial charge in [-0.15, -0.1) is 0 Å². The fourth-order valence-electron chi connectivity index (χ4n) is 2.36. The van der Waals surface area contributed by atoms with Crippen LogP contribution in [0.25, 0.3) is 0 Å². The number of nitrogens with one attached hydrogen (secondary N) is 1. The molecule has 19 heavy (non-hydrogen) atoms. The number of aryl methyl sites for hydroxylation is 1. The molecule has 1 aromatic rings. The Morgan fingerprint density at radius 2 is 2.00 bits per heavy atom. The van der Waals surface area contributed by atoms with Gasteiger partial charge in [-0.25, -0.2) is 0 Å². The van der Waals surface area contributed by atoms with E-state index in [1.165, 1.54) is 0 Å². The third kappa shape index (κ3) is 5.39. The molecule has 0 fully saturated rings. The summed E-state index contributed by atoms with van der Waals surface area (Å²) in [7, 11) is 0. The van der Waals surface area contributed by atoms with Crippen molar-refractivity contribution >= 4 is 11.6 Å². The topological polar surface area (TPSA) is 62.2 Å². The highest BCUT2D eigenvalue weighted by atomic mass is 16.3. The van der Waals surface area contributed by atoms with Crippen LogP contribution in [-0.4, -0.2) is 21.6 Å². The quantitative estimate of drug-likeness (QED) is 0.795. The largest absolute Gasteiger partial charge is 0.389 e. The average molecular weight is 264 g/mol. The Kier molecular flexibility index (Phi) is 5.96. The third-order valence-electron chi connectivity index (χ3n) is 3.10. The zero-order valence-corrected chi connectivity index (χ0v) is 12.1. The highest BCUT2D eigenvalue weighted by Gasteiger charge is 2.28. The van der Waals surface area contributed by atoms with Gasteiger partial charge in [0.1, 0.15) is 0 Å². The Morgan fingerprint density at radius 1 is 1.37 bits per heavy atom. The number of rotatable bonds is 7. The van der Waals surface area contributed by atoms with Gasteiger partial charge >= 0.3 is 0 Å². The van der Waals surface area contributed by atoms with E-state index in [9.17, 15) is 9.90 Å². The van der Waals surface area contributed by atoms with E-state index in [1.807, 2.05) is 26.8 Å². The second-order valence-corrected chi connectivity index (χ2v) is 5.14. The first-order valence-corrected chi connectivity index (χ1v) is 6.94. The lowest BCUT2D eigenvalue weighted by atomic mass is 9.89. The van der Waals surface area contributed by atoms with Crippen LogP contribution in [0.3, 0.4) is 0 Å². The Bertz CT molecular complexity index is 412. The lowest BCUT2D eigenvalue weighted by molar-refractivity contribution is -0.121. The first kappa shape index (κ1) is 15.6. The van der Waals surface area contributed by atoms with E-state index in [4.69, 9.17) is 0 Å². The minimum absolute atomic E-state index is 0.144. The van der Waals surface area contributed by atoms with Crippen molar-refractivity contribution in [2.75, 3.05) is 5.32 Å². The van der Waals surface area contributed by atoms with Gasteiger partial charge in [0, 0.05) is 17.6 Å². The molecule has 0 bridgehead atoms. The maximum Gasteiger partial charge on any atom is 0.227 e. The van der Waals surface area contributed by atoms with Gasteiger partial charge in [-0.2, -0.15) is 0 Å². The van der Waals surface area contributed by atoms with Gasteiger partial charge in [-0.05, 0) is 31.9 Å². The third-order valence-corrected chi connectivity index (χ3v) is 3.10. The van der Waals surface area contributed by atoms with Crippen molar-refractivity contribution < 1.29 is 9.90 Å². The predicted octanol–water partition coefficient (Wildman–Crippen LogP) is 3.05. The zero-order chi connectivity index (χ0) is 14.3. The van der Waals surface area contributed by atoms with Crippen LogP contribution in [0.5, 0.6) is 0 Å². The maximum atomic E-state index is 12.0. The van der Waals surface area contributed by atoms with Crippen molar-refractivity contribution in [2.45, 2.75) is 58.5 Å². The number of hydrogen-bond acceptors (Lipinski definition) is 3. The summed E-state index contributed by atoms with van der Waals surface area (Å²) < 4.78 is 0. The van der Waals surface area contributed by atoms with Crippen molar-refractivity contribution in [2.24, 2.45) is 0 Å². The maximum absolute atomic E-state index is 12.0. The number of amides is 1. The molecule has 0 saturated carbocycles. The summed E-state index contributed by atoms with van der Waals surface area (Å²) in [5.74, 6) is -0.144. The molecule has 1 rings (SSSR count). The molecule has 0 spiro atoms. The molecular weight excluding hydrogens is 240 g/mol. The van der Waals surface area contributed by atoms with Crippen LogP contribution in [0, 0.1) is 6.92 Å². The lowest BCUT2D eigenvalue weighted by Crippen LogP contribution is -2.33. The molecule has 1 heterocycles. The molecule has 0 aliphatic heterocycles. The summed E-state index contributed by atoms with van der Waals surface area (Å²) in [5, 5.41) is 13.3. The first-order chi connectivity index (χ1) is 8.99. The highest BCUT2D eigenvalue weighted by molar-refractivity contribution is 5.91. The number of pyridine rings is 1. The molecule has 106 valence electrons. The van der Waals surface area contributed by atoms with E-state index in [0.717, 1.165) is 24.2 Å². The molecule has 0 saturated heterocycles. The highest BCUT2D eigenvalue weighted by Crippen LogP contribution is 2.24. The molecule has 4 heteroatoms. The van der Waals surface area contributed by atoms with Gasteiger partial charge in [0.15, 0.2) is 0 Å². The SMILES string of the molecule is CCCC(O)(CCC)CC(=O)Nc1ccnc(C)c1. The Balaban J connectivity index is 2.62. The monoisotopic (exact) mass is 264 g/mol. The molecule has 0 radical (unpaired) electrons. The van der Waals surface area contributed by atoms with Gasteiger partial charge in [-0.3, -0.25) is 9.78 Å². The van der Waals surface area contributed by atoms with Crippen LogP contribution < -0.4 is 5.32 Å². The van der Waals surface area contributed by atoms with Crippen molar-refractivity contribution in [3.63, 3.8) is 0 Å². The minimum Gasteiger partial charge on any atom is -0.389 e. The summed E-state index contributed by atoms with van der Waals surface area (Å²) in [4.78, 5) is 16.1. The minimum atomic E-state index is -0.879. The molecule has 1 aromatic heterocycles. The number of aliphatic hydroxyl groups is 1. The van der Waals surface area contributed by atoms with Crippen LogP contribution in [-0.2, 0) is 4.79 Å². The van der Waals surface area contributed by atoms with Crippen molar-refractivity contribution in [3.05, 3.63) is 24.0 Å².